The highest BCUT2D eigenvalue weighted by Gasteiger charge is 2.32. The Morgan fingerprint density at radius 1 is 1.29 bits per heavy atom. The van der Waals surface area contributed by atoms with Crippen molar-refractivity contribution in [3.8, 4) is 0 Å². The summed E-state index contributed by atoms with van der Waals surface area (Å²) in [4.78, 5) is 15.6. The smallest absolute Gasteiger partial charge is 0.315 e. The van der Waals surface area contributed by atoms with Gasteiger partial charge < -0.3 is 10.4 Å². The molecule has 0 unspecified atom stereocenters. The number of thiazole rings is 1. The summed E-state index contributed by atoms with van der Waals surface area (Å²) in [7, 11) is 0. The van der Waals surface area contributed by atoms with Crippen LogP contribution in [0.2, 0.25) is 0 Å². The largest absolute Gasteiger partial charge is 0.481 e. The van der Waals surface area contributed by atoms with Crippen LogP contribution in [0.25, 0.3) is 0 Å². The number of hydrogen-bond acceptors (Lipinski definition) is 4. The molecule has 0 radical (unpaired) electrons. The van der Waals surface area contributed by atoms with E-state index in [-0.39, 0.29) is 0 Å². The van der Waals surface area contributed by atoms with Crippen molar-refractivity contribution >= 4 is 75.9 Å². The molecule has 0 saturated carbocycles. The topological polar surface area (TPSA) is 62.2 Å². The van der Waals surface area contributed by atoms with Crippen LogP contribution in [0.4, 0.5) is 10.8 Å². The highest BCUT2D eigenvalue weighted by molar-refractivity contribution is 9.11. The number of rotatable bonds is 4. The van der Waals surface area contributed by atoms with Gasteiger partial charge in [-0.15, -0.1) is 11.3 Å². The molecule has 0 saturated heterocycles. The number of benzene rings is 1. The zero-order valence-corrected chi connectivity index (χ0v) is 16.7. The molecule has 0 aliphatic carbocycles. The summed E-state index contributed by atoms with van der Waals surface area (Å²) in [5.74, 6) is -0.898. The number of nitrogens with one attached hydrogen (secondary N) is 1. The number of halogens is 3. The average molecular weight is 499 g/mol. The van der Waals surface area contributed by atoms with Crippen LogP contribution in [0.5, 0.6) is 0 Å². The van der Waals surface area contributed by atoms with Gasteiger partial charge in [-0.3, -0.25) is 4.79 Å². The van der Waals surface area contributed by atoms with Crippen LogP contribution in [-0.2, 0) is 10.2 Å². The second-order valence-electron chi connectivity index (χ2n) is 4.84. The fourth-order valence-corrected chi connectivity index (χ4v) is 4.84. The molecule has 0 atom stereocenters. The minimum absolute atomic E-state index is 0.534. The normalized spacial score (nSPS) is 11.5. The molecule has 4 nitrogen and oxygen atoms in total. The molecule has 2 rings (SSSR count). The first-order chi connectivity index (χ1) is 9.71. The zero-order chi connectivity index (χ0) is 15.8. The van der Waals surface area contributed by atoms with Gasteiger partial charge in [-0.05, 0) is 57.8 Å². The second-order valence-corrected chi connectivity index (χ2v) is 8.32. The Morgan fingerprint density at radius 2 is 1.86 bits per heavy atom. The molecule has 0 aliphatic rings. The Morgan fingerprint density at radius 3 is 2.38 bits per heavy atom. The van der Waals surface area contributed by atoms with E-state index in [2.05, 4.69) is 58.1 Å². The fourth-order valence-electron chi connectivity index (χ4n) is 1.50. The maximum atomic E-state index is 11.3. The third kappa shape index (κ3) is 3.67. The van der Waals surface area contributed by atoms with Gasteiger partial charge in [0.25, 0.3) is 0 Å². The lowest BCUT2D eigenvalue weighted by Gasteiger charge is -2.15. The maximum absolute atomic E-state index is 11.3. The van der Waals surface area contributed by atoms with Gasteiger partial charge in [0.1, 0.15) is 5.41 Å². The van der Waals surface area contributed by atoms with E-state index in [0.717, 1.165) is 19.1 Å². The minimum atomic E-state index is -1.01. The summed E-state index contributed by atoms with van der Waals surface area (Å²) >= 11 is 11.8. The lowest BCUT2D eigenvalue weighted by molar-refractivity contribution is -0.142. The second kappa shape index (κ2) is 6.36. The predicted octanol–water partition coefficient (Wildman–Crippen LogP) is 5.54. The van der Waals surface area contributed by atoms with Crippen molar-refractivity contribution in [2.45, 2.75) is 19.3 Å². The lowest BCUT2D eigenvalue weighted by Crippen LogP contribution is -2.28. The molecule has 2 N–H and O–H groups in total. The fraction of sp³-hybridized carbons (Fsp3) is 0.231. The number of hydrogen-bond donors (Lipinski definition) is 2. The van der Waals surface area contributed by atoms with E-state index < -0.39 is 11.4 Å². The van der Waals surface area contributed by atoms with Crippen molar-refractivity contribution in [1.82, 2.24) is 4.98 Å². The molecule has 1 aromatic heterocycles. The van der Waals surface area contributed by atoms with Crippen LogP contribution in [0.3, 0.4) is 0 Å². The summed E-state index contributed by atoms with van der Waals surface area (Å²) in [5, 5.41) is 14.8. The van der Waals surface area contributed by atoms with E-state index in [1.54, 1.807) is 19.2 Å². The van der Waals surface area contributed by atoms with Crippen molar-refractivity contribution < 1.29 is 9.90 Å². The first-order valence-electron chi connectivity index (χ1n) is 5.83. The van der Waals surface area contributed by atoms with E-state index in [1.807, 2.05) is 12.1 Å². The van der Waals surface area contributed by atoms with Crippen molar-refractivity contribution in [2.24, 2.45) is 0 Å². The Hall–Kier alpha value is -0.440. The van der Waals surface area contributed by atoms with Gasteiger partial charge in [-0.2, -0.15) is 0 Å². The van der Waals surface area contributed by atoms with Gasteiger partial charge in [0.2, 0.25) is 0 Å². The lowest BCUT2D eigenvalue weighted by atomic mass is 9.90. The summed E-state index contributed by atoms with van der Waals surface area (Å²) < 4.78 is 2.69. The number of aromatic nitrogens is 1. The molecule has 0 spiro atoms. The Labute approximate surface area is 151 Å². The number of aliphatic carboxylic acids is 1. The zero-order valence-electron chi connectivity index (χ0n) is 11.1. The standard InChI is InChI=1S/C13H11Br3N2O2S/c1-13(2,11(19)20)9-5-21-12(17-9)18-10-7(15)3-6(14)4-8(10)16/h3-5H,1-2H3,(H,17,18)(H,19,20). The van der Waals surface area contributed by atoms with Crippen LogP contribution in [0, 0.1) is 0 Å². The number of carboxylic acids is 1. The van der Waals surface area contributed by atoms with E-state index in [0.29, 0.717) is 10.8 Å². The quantitative estimate of drug-likeness (QED) is 0.581. The minimum Gasteiger partial charge on any atom is -0.481 e. The van der Waals surface area contributed by atoms with Crippen LogP contribution in [0.15, 0.2) is 30.9 Å². The predicted molar refractivity (Wildman–Crippen MR) is 95.6 cm³/mol. The van der Waals surface area contributed by atoms with E-state index in [1.165, 1.54) is 11.3 Å². The molecule has 2 aromatic rings. The van der Waals surface area contributed by atoms with E-state index >= 15 is 0 Å². The molecule has 0 fully saturated rings. The van der Waals surface area contributed by atoms with Gasteiger partial charge in [0, 0.05) is 18.8 Å². The Bertz CT molecular complexity index is 677. The van der Waals surface area contributed by atoms with Crippen molar-refractivity contribution in [2.75, 3.05) is 5.32 Å². The third-order valence-electron chi connectivity index (χ3n) is 2.92. The highest BCUT2D eigenvalue weighted by atomic mass is 79.9. The molecule has 1 aromatic carbocycles. The highest BCUT2D eigenvalue weighted by Crippen LogP contribution is 2.37. The number of anilines is 2. The SMILES string of the molecule is CC(C)(C(=O)O)c1csc(Nc2c(Br)cc(Br)cc2Br)n1. The van der Waals surface area contributed by atoms with Crippen molar-refractivity contribution in [1.29, 1.82) is 0 Å². The summed E-state index contributed by atoms with van der Waals surface area (Å²) in [5.41, 5.74) is 0.365. The Balaban J connectivity index is 2.31. The number of carbonyl (C=O) groups is 1. The summed E-state index contributed by atoms with van der Waals surface area (Å²) in [6.45, 7) is 3.28. The van der Waals surface area contributed by atoms with Crippen molar-refractivity contribution in [3.63, 3.8) is 0 Å². The molecular weight excluding hydrogens is 488 g/mol. The van der Waals surface area contributed by atoms with Crippen LogP contribution < -0.4 is 5.32 Å². The van der Waals surface area contributed by atoms with Gasteiger partial charge >= 0.3 is 5.97 Å². The van der Waals surface area contributed by atoms with Crippen LogP contribution in [-0.4, -0.2) is 16.1 Å². The summed E-state index contributed by atoms with van der Waals surface area (Å²) in [6, 6.07) is 3.84. The van der Waals surface area contributed by atoms with Gasteiger partial charge in [0.05, 0.1) is 11.4 Å². The molecule has 0 aliphatic heterocycles. The van der Waals surface area contributed by atoms with Crippen LogP contribution >= 0.6 is 59.1 Å². The third-order valence-corrected chi connectivity index (χ3v) is 5.38. The number of carboxylic acid groups (broad SMARTS) is 1. The molecular formula is C13H11Br3N2O2S. The molecule has 0 bridgehead atoms. The number of nitrogens with zero attached hydrogens (tertiary/aromatic N) is 1. The van der Waals surface area contributed by atoms with E-state index in [9.17, 15) is 9.90 Å². The van der Waals surface area contributed by atoms with Gasteiger partial charge in [0.15, 0.2) is 5.13 Å². The van der Waals surface area contributed by atoms with Crippen molar-refractivity contribution in [3.05, 3.63) is 36.6 Å². The monoisotopic (exact) mass is 496 g/mol. The first-order valence-corrected chi connectivity index (χ1v) is 9.08. The van der Waals surface area contributed by atoms with Gasteiger partial charge in [-0.25, -0.2) is 4.98 Å². The first kappa shape index (κ1) is 16.9. The average Bonchev–Trinajstić information content (AvgIpc) is 2.82. The van der Waals surface area contributed by atoms with Crippen LogP contribution in [0.1, 0.15) is 19.5 Å². The molecule has 21 heavy (non-hydrogen) atoms. The van der Waals surface area contributed by atoms with E-state index in [4.69, 9.17) is 0 Å². The Kier molecular flexibility index (Phi) is 5.12. The molecule has 1 heterocycles. The van der Waals surface area contributed by atoms with Gasteiger partial charge in [-0.1, -0.05) is 15.9 Å². The maximum Gasteiger partial charge on any atom is 0.315 e. The molecule has 112 valence electrons. The molecule has 0 amide bonds. The molecule has 8 heteroatoms. The summed E-state index contributed by atoms with van der Waals surface area (Å²) in [6.07, 6.45) is 0.